The highest BCUT2D eigenvalue weighted by atomic mass is 16.3. The van der Waals surface area contributed by atoms with Crippen molar-refractivity contribution in [3.05, 3.63) is 34.4 Å². The van der Waals surface area contributed by atoms with E-state index in [0.717, 1.165) is 16.7 Å². The van der Waals surface area contributed by atoms with Gasteiger partial charge in [-0.25, -0.2) is 0 Å². The third-order valence-electron chi connectivity index (χ3n) is 4.37. The normalized spacial score (nSPS) is 17.7. The van der Waals surface area contributed by atoms with Crippen LogP contribution in [-0.2, 0) is 20.4 Å². The Balaban J connectivity index is 2.60. The maximum Gasteiger partial charge on any atom is 0.256 e. The molecule has 0 aromatic heterocycles. The van der Waals surface area contributed by atoms with Crippen LogP contribution in [0.1, 0.15) is 64.7 Å². The van der Waals surface area contributed by atoms with Gasteiger partial charge in [-0.1, -0.05) is 41.5 Å². The van der Waals surface area contributed by atoms with Crippen molar-refractivity contribution in [3.8, 4) is 5.75 Å². The summed E-state index contributed by atoms with van der Waals surface area (Å²) in [7, 11) is 0. The Morgan fingerprint density at radius 1 is 1.04 bits per heavy atom. The van der Waals surface area contributed by atoms with Crippen LogP contribution in [0.15, 0.2) is 17.7 Å². The monoisotopic (exact) mass is 329 g/mol. The Hall–Kier alpha value is -2.10. The van der Waals surface area contributed by atoms with Gasteiger partial charge in [-0.2, -0.15) is 0 Å². The van der Waals surface area contributed by atoms with Crippen molar-refractivity contribution in [1.29, 1.82) is 0 Å². The van der Waals surface area contributed by atoms with Crippen molar-refractivity contribution in [2.75, 3.05) is 6.54 Å². The number of rotatable bonds is 2. The fraction of sp³-hybridized carbons (Fsp3) is 0.500. The summed E-state index contributed by atoms with van der Waals surface area (Å²) in [6.45, 7) is 12.8. The number of carbonyl (C=O) groups excluding carboxylic acids is 2. The first-order valence-electron chi connectivity index (χ1n) is 8.30. The molecule has 1 aromatic carbocycles. The van der Waals surface area contributed by atoms with E-state index in [9.17, 15) is 14.7 Å². The summed E-state index contributed by atoms with van der Waals surface area (Å²) in [6.07, 6.45) is 2.99. The molecule has 0 bridgehead atoms. The van der Waals surface area contributed by atoms with Crippen LogP contribution in [0.3, 0.4) is 0 Å². The largest absolute Gasteiger partial charge is 0.507 e. The van der Waals surface area contributed by atoms with Gasteiger partial charge in [0.05, 0.1) is 0 Å². The van der Waals surface area contributed by atoms with Gasteiger partial charge in [0.1, 0.15) is 5.75 Å². The van der Waals surface area contributed by atoms with E-state index in [1.54, 1.807) is 0 Å². The molecule has 4 heteroatoms. The van der Waals surface area contributed by atoms with Crippen molar-refractivity contribution in [1.82, 2.24) is 4.90 Å². The van der Waals surface area contributed by atoms with Crippen molar-refractivity contribution in [2.24, 2.45) is 0 Å². The van der Waals surface area contributed by atoms with Crippen LogP contribution in [-0.4, -0.2) is 28.9 Å². The van der Waals surface area contributed by atoms with Gasteiger partial charge in [-0.15, -0.1) is 0 Å². The van der Waals surface area contributed by atoms with Crippen molar-refractivity contribution >= 4 is 18.4 Å². The fourth-order valence-corrected chi connectivity index (χ4v) is 2.95. The standard InChI is InChI=1S/C20H27NO3/c1-19(2,3)15-10-13(11-16(17(15)23)20(4,5)6)9-14-7-8-21(12-22)18(14)24/h9-12,23H,7-8H2,1-6H3/b14-9+. The second kappa shape index (κ2) is 6.08. The number of aromatic hydroxyl groups is 1. The Morgan fingerprint density at radius 2 is 1.54 bits per heavy atom. The highest BCUT2D eigenvalue weighted by molar-refractivity contribution is 6.04. The number of carbonyl (C=O) groups is 2. The van der Waals surface area contributed by atoms with Crippen LogP contribution in [0, 0.1) is 0 Å². The molecule has 0 unspecified atom stereocenters. The molecule has 1 aromatic rings. The van der Waals surface area contributed by atoms with Crippen LogP contribution >= 0.6 is 0 Å². The first-order valence-corrected chi connectivity index (χ1v) is 8.30. The molecule has 0 saturated carbocycles. The second-order valence-electron chi connectivity index (χ2n) is 8.49. The predicted molar refractivity (Wildman–Crippen MR) is 95.9 cm³/mol. The molecule has 1 fully saturated rings. The van der Waals surface area contributed by atoms with Crippen LogP contribution in [0.5, 0.6) is 5.75 Å². The van der Waals surface area contributed by atoms with E-state index in [4.69, 9.17) is 0 Å². The maximum atomic E-state index is 12.1. The van der Waals surface area contributed by atoms with E-state index in [1.165, 1.54) is 4.90 Å². The number of benzene rings is 1. The quantitative estimate of drug-likeness (QED) is 0.664. The molecule has 24 heavy (non-hydrogen) atoms. The summed E-state index contributed by atoms with van der Waals surface area (Å²) >= 11 is 0. The minimum absolute atomic E-state index is 0.215. The van der Waals surface area contributed by atoms with E-state index in [1.807, 2.05) is 18.2 Å². The molecule has 1 heterocycles. The molecule has 0 atom stereocenters. The van der Waals surface area contributed by atoms with Crippen LogP contribution in [0.2, 0.25) is 0 Å². The fourth-order valence-electron chi connectivity index (χ4n) is 2.95. The summed E-state index contributed by atoms with van der Waals surface area (Å²) in [5.74, 6) is 0.0945. The average molecular weight is 329 g/mol. The molecule has 0 spiro atoms. The highest BCUT2D eigenvalue weighted by Gasteiger charge is 2.28. The van der Waals surface area contributed by atoms with E-state index in [0.29, 0.717) is 30.7 Å². The van der Waals surface area contributed by atoms with Gasteiger partial charge in [0, 0.05) is 23.2 Å². The van der Waals surface area contributed by atoms with Gasteiger partial charge in [-0.3, -0.25) is 14.5 Å². The maximum absolute atomic E-state index is 12.1. The van der Waals surface area contributed by atoms with Gasteiger partial charge < -0.3 is 5.11 Å². The number of likely N-dealkylation sites (tertiary alicyclic amines) is 1. The second-order valence-corrected chi connectivity index (χ2v) is 8.49. The molecule has 2 rings (SSSR count). The summed E-state index contributed by atoms with van der Waals surface area (Å²) < 4.78 is 0. The number of nitrogens with zero attached hydrogens (tertiary/aromatic N) is 1. The summed E-state index contributed by atoms with van der Waals surface area (Å²) in [5.41, 5.74) is 2.81. The molecular formula is C20H27NO3. The summed E-state index contributed by atoms with van der Waals surface area (Å²) in [4.78, 5) is 24.2. The number of amides is 2. The first kappa shape index (κ1) is 18.2. The minimum atomic E-state index is -0.229. The molecule has 1 aliphatic rings. The van der Waals surface area contributed by atoms with Crippen molar-refractivity contribution < 1.29 is 14.7 Å². The molecule has 4 nitrogen and oxygen atoms in total. The lowest BCUT2D eigenvalue weighted by atomic mass is 9.78. The zero-order valence-electron chi connectivity index (χ0n) is 15.4. The predicted octanol–water partition coefficient (Wildman–Crippen LogP) is 3.76. The summed E-state index contributed by atoms with van der Waals surface area (Å²) in [5, 5.41) is 10.7. The minimum Gasteiger partial charge on any atom is -0.507 e. The smallest absolute Gasteiger partial charge is 0.256 e. The molecule has 1 aliphatic heterocycles. The number of phenols is 1. The Bertz CT molecular complexity index is 668. The first-order chi connectivity index (χ1) is 10.9. The molecule has 2 amide bonds. The summed E-state index contributed by atoms with van der Waals surface area (Å²) in [6, 6.07) is 3.88. The van der Waals surface area contributed by atoms with Crippen LogP contribution < -0.4 is 0 Å². The van der Waals surface area contributed by atoms with Crippen molar-refractivity contribution in [3.63, 3.8) is 0 Å². The van der Waals surface area contributed by atoms with Gasteiger partial charge in [-0.05, 0) is 41.0 Å². The Labute approximate surface area is 144 Å². The zero-order valence-corrected chi connectivity index (χ0v) is 15.4. The van der Waals surface area contributed by atoms with E-state index >= 15 is 0 Å². The number of imide groups is 1. The highest BCUT2D eigenvalue weighted by Crippen LogP contribution is 2.40. The van der Waals surface area contributed by atoms with Crippen molar-refractivity contribution in [2.45, 2.75) is 58.8 Å². The lowest BCUT2D eigenvalue weighted by Crippen LogP contribution is -2.22. The van der Waals surface area contributed by atoms with E-state index in [-0.39, 0.29) is 16.7 Å². The molecule has 1 saturated heterocycles. The van der Waals surface area contributed by atoms with Gasteiger partial charge in [0.25, 0.3) is 5.91 Å². The molecular weight excluding hydrogens is 302 g/mol. The van der Waals surface area contributed by atoms with E-state index < -0.39 is 0 Å². The SMILES string of the molecule is CC(C)(C)c1cc(/C=C2\CCN(C=O)C2=O)cc(C(C)(C)C)c1O. The number of phenolic OH excluding ortho intramolecular Hbond substituents is 1. The van der Waals surface area contributed by atoms with Crippen LogP contribution in [0.4, 0.5) is 0 Å². The third-order valence-corrected chi connectivity index (χ3v) is 4.37. The molecule has 1 N–H and O–H groups in total. The van der Waals surface area contributed by atoms with Gasteiger partial charge >= 0.3 is 0 Å². The third kappa shape index (κ3) is 3.53. The number of hydrogen-bond donors (Lipinski definition) is 1. The van der Waals surface area contributed by atoms with Gasteiger partial charge in [0.15, 0.2) is 0 Å². The molecule has 0 aliphatic carbocycles. The lowest BCUT2D eigenvalue weighted by molar-refractivity contribution is -0.132. The van der Waals surface area contributed by atoms with Crippen LogP contribution in [0.25, 0.3) is 6.08 Å². The Morgan fingerprint density at radius 3 is 1.92 bits per heavy atom. The lowest BCUT2D eigenvalue weighted by Gasteiger charge is -2.28. The molecule has 0 radical (unpaired) electrons. The topological polar surface area (TPSA) is 57.6 Å². The Kier molecular flexibility index (Phi) is 4.62. The number of hydrogen-bond acceptors (Lipinski definition) is 3. The molecule has 130 valence electrons. The van der Waals surface area contributed by atoms with Gasteiger partial charge in [0.2, 0.25) is 6.41 Å². The average Bonchev–Trinajstić information content (AvgIpc) is 2.78. The van der Waals surface area contributed by atoms with E-state index in [2.05, 4.69) is 41.5 Å². The zero-order chi connectivity index (χ0) is 18.3.